The molecule has 0 spiro atoms. The van der Waals surface area contributed by atoms with Crippen molar-refractivity contribution in [3.8, 4) is 0 Å². The summed E-state index contributed by atoms with van der Waals surface area (Å²) in [5.74, 6) is 0.761. The van der Waals surface area contributed by atoms with Gasteiger partial charge in [0.15, 0.2) is 0 Å². The third-order valence-electron chi connectivity index (χ3n) is 3.58. The third kappa shape index (κ3) is 4.77. The van der Waals surface area contributed by atoms with Crippen molar-refractivity contribution in [3.05, 3.63) is 28.2 Å². The summed E-state index contributed by atoms with van der Waals surface area (Å²) < 4.78 is 26.6. The topological polar surface area (TPSA) is 77.9 Å². The van der Waals surface area contributed by atoms with E-state index in [2.05, 4.69) is 0 Å². The Hall–Kier alpha value is -0.510. The van der Waals surface area contributed by atoms with Crippen molar-refractivity contribution in [2.45, 2.75) is 4.90 Å². The van der Waals surface area contributed by atoms with Crippen molar-refractivity contribution in [2.75, 3.05) is 44.3 Å². The van der Waals surface area contributed by atoms with Crippen LogP contribution in [0.2, 0.25) is 10.0 Å². The fourth-order valence-electron chi connectivity index (χ4n) is 2.28. The number of hydrogen-bond donors (Lipinski definition) is 1. The molecule has 1 aliphatic heterocycles. The van der Waals surface area contributed by atoms with Crippen LogP contribution in [0.1, 0.15) is 0 Å². The van der Waals surface area contributed by atoms with Gasteiger partial charge in [0.2, 0.25) is 15.9 Å². The first-order chi connectivity index (χ1) is 11.4. The van der Waals surface area contributed by atoms with Crippen LogP contribution in [-0.4, -0.2) is 72.9 Å². The van der Waals surface area contributed by atoms with Crippen LogP contribution in [0.15, 0.2) is 23.1 Å². The summed E-state index contributed by atoms with van der Waals surface area (Å²) in [6.45, 7) is 1.20. The molecule has 1 fully saturated rings. The van der Waals surface area contributed by atoms with Gasteiger partial charge in [-0.3, -0.25) is 4.79 Å². The summed E-state index contributed by atoms with van der Waals surface area (Å²) in [6.07, 6.45) is 0. The number of rotatable bonds is 6. The number of halogens is 2. The molecule has 0 bridgehead atoms. The minimum atomic E-state index is -3.66. The normalized spacial score (nSPS) is 16.4. The number of carbonyl (C=O) groups is 1. The molecule has 1 amide bonds. The molecule has 0 aliphatic carbocycles. The number of thioether (sulfide) groups is 1. The van der Waals surface area contributed by atoms with E-state index in [1.807, 2.05) is 0 Å². The van der Waals surface area contributed by atoms with Gasteiger partial charge in [0.25, 0.3) is 0 Å². The summed E-state index contributed by atoms with van der Waals surface area (Å²) in [7, 11) is -3.66. The monoisotopic (exact) mass is 412 g/mol. The van der Waals surface area contributed by atoms with E-state index in [4.69, 9.17) is 28.3 Å². The molecule has 24 heavy (non-hydrogen) atoms. The zero-order valence-corrected chi connectivity index (χ0v) is 16.0. The molecule has 1 aromatic carbocycles. The zero-order valence-electron chi connectivity index (χ0n) is 12.8. The maximum atomic E-state index is 12.6. The number of aliphatic hydroxyl groups is 1. The molecular weight excluding hydrogens is 395 g/mol. The Morgan fingerprint density at radius 3 is 2.42 bits per heavy atom. The Kier molecular flexibility index (Phi) is 7.21. The van der Waals surface area contributed by atoms with Crippen LogP contribution < -0.4 is 0 Å². The third-order valence-corrected chi connectivity index (χ3v) is 7.14. The average molecular weight is 413 g/mol. The summed E-state index contributed by atoms with van der Waals surface area (Å²) in [4.78, 5) is 13.7. The highest BCUT2D eigenvalue weighted by atomic mass is 35.5. The van der Waals surface area contributed by atoms with E-state index in [0.29, 0.717) is 29.6 Å². The molecule has 0 unspecified atom stereocenters. The molecule has 1 heterocycles. The fourth-order valence-corrected chi connectivity index (χ4v) is 4.72. The first-order valence-electron chi connectivity index (χ1n) is 7.28. The van der Waals surface area contributed by atoms with Gasteiger partial charge in [-0.05, 0) is 18.2 Å². The van der Waals surface area contributed by atoms with Crippen molar-refractivity contribution < 1.29 is 18.3 Å². The summed E-state index contributed by atoms with van der Waals surface area (Å²) in [5, 5.41) is 9.21. The maximum absolute atomic E-state index is 12.6. The summed E-state index contributed by atoms with van der Waals surface area (Å²) in [6, 6.07) is 4.21. The van der Waals surface area contributed by atoms with E-state index in [1.54, 1.807) is 4.90 Å². The standard InChI is InChI=1S/C14H18Cl2N2O4S2/c15-12-2-1-11(9-13(12)16)24(21,22)18-5-3-17(4-6-18)14(20)10-23-8-7-19/h1-2,9,19H,3-8,10H2. The lowest BCUT2D eigenvalue weighted by Gasteiger charge is -2.34. The Morgan fingerprint density at radius 2 is 1.83 bits per heavy atom. The molecule has 0 radical (unpaired) electrons. The number of amides is 1. The SMILES string of the molecule is O=C(CSCCO)N1CCN(S(=O)(=O)c2ccc(Cl)c(Cl)c2)CC1. The predicted octanol–water partition coefficient (Wildman–Crippen LogP) is 1.55. The summed E-state index contributed by atoms with van der Waals surface area (Å²) >= 11 is 13.1. The van der Waals surface area contributed by atoms with Crippen LogP contribution in [0.4, 0.5) is 0 Å². The van der Waals surface area contributed by atoms with Crippen LogP contribution >= 0.6 is 35.0 Å². The molecule has 1 aliphatic rings. The lowest BCUT2D eigenvalue weighted by atomic mass is 10.3. The minimum absolute atomic E-state index is 0.0353. The van der Waals surface area contributed by atoms with Crippen LogP contribution in [-0.2, 0) is 14.8 Å². The largest absolute Gasteiger partial charge is 0.396 e. The molecule has 1 N–H and O–H groups in total. The number of sulfonamides is 1. The predicted molar refractivity (Wildman–Crippen MR) is 96.2 cm³/mol. The highest BCUT2D eigenvalue weighted by molar-refractivity contribution is 7.99. The van der Waals surface area contributed by atoms with E-state index >= 15 is 0 Å². The molecule has 0 atom stereocenters. The van der Waals surface area contributed by atoms with E-state index in [-0.39, 0.29) is 35.5 Å². The van der Waals surface area contributed by atoms with Gasteiger partial charge in [-0.25, -0.2) is 8.42 Å². The fraction of sp³-hybridized carbons (Fsp3) is 0.500. The van der Waals surface area contributed by atoms with Gasteiger partial charge in [-0.1, -0.05) is 23.2 Å². The Labute approximate surface area is 155 Å². The lowest BCUT2D eigenvalue weighted by Crippen LogP contribution is -2.51. The minimum Gasteiger partial charge on any atom is -0.396 e. The van der Waals surface area contributed by atoms with Crippen LogP contribution in [0.25, 0.3) is 0 Å². The van der Waals surface area contributed by atoms with Crippen molar-refractivity contribution in [2.24, 2.45) is 0 Å². The number of hydrogen-bond acceptors (Lipinski definition) is 5. The Morgan fingerprint density at radius 1 is 1.17 bits per heavy atom. The molecule has 0 saturated carbocycles. The van der Waals surface area contributed by atoms with Gasteiger partial charge >= 0.3 is 0 Å². The molecule has 2 rings (SSSR count). The van der Waals surface area contributed by atoms with Crippen LogP contribution in [0, 0.1) is 0 Å². The second kappa shape index (κ2) is 8.73. The Balaban J connectivity index is 1.98. The molecule has 1 aromatic rings. The molecular formula is C14H18Cl2N2O4S2. The number of benzene rings is 1. The summed E-state index contributed by atoms with van der Waals surface area (Å²) in [5.41, 5.74) is 0. The van der Waals surface area contributed by atoms with Gasteiger partial charge in [0, 0.05) is 31.9 Å². The number of carbonyl (C=O) groups excluding carboxylic acids is 1. The van der Waals surface area contributed by atoms with Crippen LogP contribution in [0.5, 0.6) is 0 Å². The van der Waals surface area contributed by atoms with Gasteiger partial charge in [-0.15, -0.1) is 11.8 Å². The highest BCUT2D eigenvalue weighted by Gasteiger charge is 2.30. The van der Waals surface area contributed by atoms with E-state index in [0.717, 1.165) is 0 Å². The Bertz CT molecular complexity index is 692. The van der Waals surface area contributed by atoms with Crippen molar-refractivity contribution in [1.82, 2.24) is 9.21 Å². The molecule has 1 saturated heterocycles. The number of piperazine rings is 1. The van der Waals surface area contributed by atoms with Gasteiger partial charge in [0.1, 0.15) is 0 Å². The van der Waals surface area contributed by atoms with Gasteiger partial charge < -0.3 is 10.0 Å². The van der Waals surface area contributed by atoms with Crippen molar-refractivity contribution in [1.29, 1.82) is 0 Å². The lowest BCUT2D eigenvalue weighted by molar-refractivity contribution is -0.129. The quantitative estimate of drug-likeness (QED) is 0.717. The number of aliphatic hydroxyl groups excluding tert-OH is 1. The second-order valence-corrected chi connectivity index (χ2v) is 8.99. The van der Waals surface area contributed by atoms with E-state index < -0.39 is 10.0 Å². The van der Waals surface area contributed by atoms with Gasteiger partial charge in [0.05, 0.1) is 27.3 Å². The molecule has 10 heteroatoms. The van der Waals surface area contributed by atoms with Gasteiger partial charge in [-0.2, -0.15) is 4.31 Å². The van der Waals surface area contributed by atoms with Crippen LogP contribution in [0.3, 0.4) is 0 Å². The molecule has 6 nitrogen and oxygen atoms in total. The van der Waals surface area contributed by atoms with E-state index in [1.165, 1.54) is 34.3 Å². The maximum Gasteiger partial charge on any atom is 0.243 e. The van der Waals surface area contributed by atoms with Crippen molar-refractivity contribution in [3.63, 3.8) is 0 Å². The zero-order chi connectivity index (χ0) is 17.7. The smallest absolute Gasteiger partial charge is 0.243 e. The molecule has 0 aromatic heterocycles. The first kappa shape index (κ1) is 19.8. The first-order valence-corrected chi connectivity index (χ1v) is 10.6. The second-order valence-electron chi connectivity index (χ2n) is 5.14. The van der Waals surface area contributed by atoms with E-state index in [9.17, 15) is 13.2 Å². The molecule has 134 valence electrons. The highest BCUT2D eigenvalue weighted by Crippen LogP contribution is 2.27. The van der Waals surface area contributed by atoms with Crippen molar-refractivity contribution >= 4 is 50.9 Å². The average Bonchev–Trinajstić information content (AvgIpc) is 2.57. The number of nitrogens with zero attached hydrogens (tertiary/aromatic N) is 2.